The summed E-state index contributed by atoms with van der Waals surface area (Å²) in [5.74, 6) is 0. The minimum Gasteiger partial charge on any atom is -0.388 e. The number of aliphatic hydroxyl groups excluding tert-OH is 1. The molecule has 0 saturated carbocycles. The monoisotopic (exact) mass is 350 g/mol. The Labute approximate surface area is 130 Å². The number of halogens is 1. The van der Waals surface area contributed by atoms with Gasteiger partial charge in [0.05, 0.1) is 16.7 Å². The number of nitro groups is 1. The summed E-state index contributed by atoms with van der Waals surface area (Å²) in [5.41, 5.74) is 3.43. The van der Waals surface area contributed by atoms with Crippen LogP contribution in [-0.4, -0.2) is 14.6 Å². The summed E-state index contributed by atoms with van der Waals surface area (Å²) in [6.07, 6.45) is 4.00. The van der Waals surface area contributed by atoms with E-state index in [1.165, 1.54) is 0 Å². The Morgan fingerprint density at radius 3 is 2.95 bits per heavy atom. The summed E-state index contributed by atoms with van der Waals surface area (Å²) in [6.45, 7) is 1.72. The molecule has 21 heavy (non-hydrogen) atoms. The maximum Gasteiger partial charge on any atom is 0.274 e. The van der Waals surface area contributed by atoms with E-state index < -0.39 is 6.10 Å². The maximum absolute atomic E-state index is 11.1. The molecule has 1 N–H and O–H groups in total. The van der Waals surface area contributed by atoms with Crippen LogP contribution in [0.15, 0.2) is 28.9 Å². The molecular weight excluding hydrogens is 336 g/mol. The molecule has 0 bridgehead atoms. The molecule has 1 aliphatic rings. The van der Waals surface area contributed by atoms with Crippen LogP contribution in [0.1, 0.15) is 35.8 Å². The highest BCUT2D eigenvalue weighted by Gasteiger charge is 2.23. The number of hydrogen-bond donors (Lipinski definition) is 1. The number of benzene rings is 1. The second kappa shape index (κ2) is 5.27. The molecule has 6 heteroatoms. The number of aryl methyl sites for hydroxylation is 1. The number of nitrogens with zero attached hydrogens (tertiary/aromatic N) is 2. The third-order valence-electron chi connectivity index (χ3n) is 4.00. The van der Waals surface area contributed by atoms with Crippen molar-refractivity contribution in [2.45, 2.75) is 32.3 Å². The summed E-state index contributed by atoms with van der Waals surface area (Å²) < 4.78 is 2.75. The largest absolute Gasteiger partial charge is 0.388 e. The molecule has 0 amide bonds. The van der Waals surface area contributed by atoms with Crippen molar-refractivity contribution < 1.29 is 10.0 Å². The summed E-state index contributed by atoms with van der Waals surface area (Å²) in [6, 6.07) is 5.25. The number of aliphatic hydroxyl groups is 1. The third-order valence-corrected chi connectivity index (χ3v) is 4.63. The quantitative estimate of drug-likeness (QED) is 0.661. The average Bonchev–Trinajstić information content (AvgIpc) is 2.84. The van der Waals surface area contributed by atoms with Crippen molar-refractivity contribution in [3.8, 4) is 5.69 Å². The normalized spacial score (nSPS) is 17.6. The van der Waals surface area contributed by atoms with Gasteiger partial charge in [0.25, 0.3) is 5.69 Å². The molecule has 110 valence electrons. The summed E-state index contributed by atoms with van der Waals surface area (Å²) in [4.78, 5) is 10.8. The van der Waals surface area contributed by atoms with Gasteiger partial charge in [0, 0.05) is 33.6 Å². The molecule has 1 aliphatic carbocycles. The third kappa shape index (κ3) is 2.38. The van der Waals surface area contributed by atoms with Crippen LogP contribution in [0.25, 0.3) is 5.69 Å². The van der Waals surface area contributed by atoms with Gasteiger partial charge in [-0.15, -0.1) is 0 Å². The van der Waals surface area contributed by atoms with Crippen LogP contribution in [0.5, 0.6) is 0 Å². The zero-order valence-electron chi connectivity index (χ0n) is 11.5. The van der Waals surface area contributed by atoms with E-state index in [0.29, 0.717) is 5.56 Å². The zero-order chi connectivity index (χ0) is 15.1. The molecule has 1 aromatic carbocycles. The van der Waals surface area contributed by atoms with Crippen molar-refractivity contribution >= 4 is 21.6 Å². The first-order chi connectivity index (χ1) is 9.99. The van der Waals surface area contributed by atoms with Crippen LogP contribution in [0.4, 0.5) is 5.69 Å². The van der Waals surface area contributed by atoms with E-state index in [-0.39, 0.29) is 10.6 Å². The Balaban J connectivity index is 2.17. The van der Waals surface area contributed by atoms with E-state index in [4.69, 9.17) is 0 Å². The van der Waals surface area contributed by atoms with Gasteiger partial charge in [-0.05, 0) is 54.2 Å². The number of aromatic nitrogens is 1. The molecule has 0 radical (unpaired) electrons. The fourth-order valence-electron chi connectivity index (χ4n) is 2.92. The highest BCUT2D eigenvalue weighted by atomic mass is 79.9. The lowest BCUT2D eigenvalue weighted by Gasteiger charge is -2.20. The van der Waals surface area contributed by atoms with Crippen molar-refractivity contribution in [1.82, 2.24) is 4.57 Å². The minimum atomic E-state index is -0.436. The summed E-state index contributed by atoms with van der Waals surface area (Å²) >= 11 is 3.49. The molecule has 0 aliphatic heterocycles. The van der Waals surface area contributed by atoms with Gasteiger partial charge in [0.2, 0.25) is 0 Å². The predicted octanol–water partition coefficient (Wildman–Crippen LogP) is 3.83. The molecule has 0 saturated heterocycles. The van der Waals surface area contributed by atoms with E-state index in [1.807, 2.05) is 16.8 Å². The molecule has 1 atom stereocenters. The number of nitro benzene ring substituents is 1. The lowest BCUT2D eigenvalue weighted by Crippen LogP contribution is -2.11. The average molecular weight is 351 g/mol. The van der Waals surface area contributed by atoms with Gasteiger partial charge < -0.3 is 9.67 Å². The molecule has 5 nitrogen and oxygen atoms in total. The fourth-order valence-corrected chi connectivity index (χ4v) is 3.57. The Morgan fingerprint density at radius 1 is 1.48 bits per heavy atom. The second-order valence-corrected chi connectivity index (χ2v) is 6.20. The summed E-state index contributed by atoms with van der Waals surface area (Å²) in [7, 11) is 0. The van der Waals surface area contributed by atoms with Crippen LogP contribution in [0.2, 0.25) is 0 Å². The van der Waals surface area contributed by atoms with Crippen molar-refractivity contribution in [3.63, 3.8) is 0 Å². The standard InChI is InChI=1S/C15H15BrN2O3/c1-9-7-11(16)14(8-13(9)18(20)21)17-6-5-10-12(17)3-2-4-15(10)19/h5-8,15,19H,2-4H2,1H3. The van der Waals surface area contributed by atoms with Crippen LogP contribution >= 0.6 is 15.9 Å². The Bertz CT molecular complexity index is 724. The van der Waals surface area contributed by atoms with E-state index in [0.717, 1.165) is 40.7 Å². The van der Waals surface area contributed by atoms with Crippen LogP contribution in [0, 0.1) is 17.0 Å². The van der Waals surface area contributed by atoms with Gasteiger partial charge in [-0.2, -0.15) is 0 Å². The Kier molecular flexibility index (Phi) is 3.59. The first-order valence-electron chi connectivity index (χ1n) is 6.82. The first-order valence-corrected chi connectivity index (χ1v) is 7.61. The molecule has 1 aromatic heterocycles. The van der Waals surface area contributed by atoms with Crippen molar-refractivity contribution in [2.75, 3.05) is 0 Å². The van der Waals surface area contributed by atoms with E-state index in [1.54, 1.807) is 19.1 Å². The van der Waals surface area contributed by atoms with Crippen molar-refractivity contribution in [1.29, 1.82) is 0 Å². The highest BCUT2D eigenvalue weighted by molar-refractivity contribution is 9.10. The molecular formula is C15H15BrN2O3. The molecule has 0 spiro atoms. The predicted molar refractivity (Wildman–Crippen MR) is 82.8 cm³/mol. The first kappa shape index (κ1) is 14.3. The summed E-state index contributed by atoms with van der Waals surface area (Å²) in [5, 5.41) is 21.2. The number of rotatable bonds is 2. The minimum absolute atomic E-state index is 0.104. The van der Waals surface area contributed by atoms with Gasteiger partial charge in [-0.25, -0.2) is 0 Å². The molecule has 2 aromatic rings. The number of hydrogen-bond acceptors (Lipinski definition) is 3. The molecule has 0 fully saturated rings. The van der Waals surface area contributed by atoms with Crippen molar-refractivity contribution in [2.24, 2.45) is 0 Å². The Hall–Kier alpha value is -1.66. The Morgan fingerprint density at radius 2 is 2.24 bits per heavy atom. The van der Waals surface area contributed by atoms with Gasteiger partial charge in [-0.3, -0.25) is 10.1 Å². The molecule has 3 rings (SSSR count). The molecule has 1 unspecified atom stereocenters. The van der Waals surface area contributed by atoms with Gasteiger partial charge >= 0.3 is 0 Å². The molecule has 1 heterocycles. The fraction of sp³-hybridized carbons (Fsp3) is 0.333. The van der Waals surface area contributed by atoms with Crippen LogP contribution in [-0.2, 0) is 6.42 Å². The van der Waals surface area contributed by atoms with E-state index in [2.05, 4.69) is 15.9 Å². The second-order valence-electron chi connectivity index (χ2n) is 5.34. The van der Waals surface area contributed by atoms with Gasteiger partial charge in [-0.1, -0.05) is 0 Å². The lowest BCUT2D eigenvalue weighted by atomic mass is 9.95. The van der Waals surface area contributed by atoms with Crippen LogP contribution in [0.3, 0.4) is 0 Å². The van der Waals surface area contributed by atoms with Gasteiger partial charge in [0.15, 0.2) is 0 Å². The van der Waals surface area contributed by atoms with E-state index in [9.17, 15) is 15.2 Å². The zero-order valence-corrected chi connectivity index (χ0v) is 13.1. The highest BCUT2D eigenvalue weighted by Crippen LogP contribution is 2.35. The van der Waals surface area contributed by atoms with Crippen molar-refractivity contribution in [3.05, 3.63) is 55.8 Å². The number of fused-ring (bicyclic) bond motifs is 1. The smallest absolute Gasteiger partial charge is 0.274 e. The van der Waals surface area contributed by atoms with Crippen LogP contribution < -0.4 is 0 Å². The SMILES string of the molecule is Cc1cc(Br)c(-n2ccc3c2CCCC3O)cc1[N+](=O)[O-]. The topological polar surface area (TPSA) is 68.3 Å². The maximum atomic E-state index is 11.1. The van der Waals surface area contributed by atoms with Gasteiger partial charge in [0.1, 0.15) is 0 Å². The van der Waals surface area contributed by atoms with E-state index >= 15 is 0 Å². The lowest BCUT2D eigenvalue weighted by molar-refractivity contribution is -0.385.